The van der Waals surface area contributed by atoms with Crippen LogP contribution in [0.25, 0.3) is 17.4 Å². The Morgan fingerprint density at radius 2 is 1.97 bits per heavy atom. The first-order valence-electron chi connectivity index (χ1n) is 9.15. The summed E-state index contributed by atoms with van der Waals surface area (Å²) in [4.78, 5) is 35.7. The number of furan rings is 1. The summed E-state index contributed by atoms with van der Waals surface area (Å²) in [6.45, 7) is 0.411. The zero-order valence-corrected chi connectivity index (χ0v) is 17.4. The van der Waals surface area contributed by atoms with E-state index >= 15 is 0 Å². The van der Waals surface area contributed by atoms with Gasteiger partial charge in [-0.25, -0.2) is 0 Å². The summed E-state index contributed by atoms with van der Waals surface area (Å²) in [5.41, 5.74) is 0.287. The molecule has 0 radical (unpaired) electrons. The van der Waals surface area contributed by atoms with Gasteiger partial charge >= 0.3 is 0 Å². The molecule has 8 nitrogen and oxygen atoms in total. The summed E-state index contributed by atoms with van der Waals surface area (Å²) in [6, 6.07) is 9.51. The van der Waals surface area contributed by atoms with Crippen molar-refractivity contribution in [2.75, 3.05) is 6.54 Å². The molecule has 30 heavy (non-hydrogen) atoms. The fourth-order valence-electron chi connectivity index (χ4n) is 2.95. The molecule has 0 spiro atoms. The maximum Gasteiger partial charge on any atom is 0.280 e. The number of carbonyl (C=O) groups is 2. The van der Waals surface area contributed by atoms with Gasteiger partial charge in [0.15, 0.2) is 0 Å². The molecule has 3 rings (SSSR count). The first kappa shape index (κ1) is 21.7. The van der Waals surface area contributed by atoms with Crippen LogP contribution in [0.15, 0.2) is 45.7 Å². The van der Waals surface area contributed by atoms with E-state index in [4.69, 9.17) is 16.6 Å². The zero-order valence-electron chi connectivity index (χ0n) is 15.7. The Bertz CT molecular complexity index is 1030. The van der Waals surface area contributed by atoms with Gasteiger partial charge in [-0.3, -0.25) is 19.8 Å². The number of thioether (sulfide) groups is 1. The standard InChI is InChI=1S/C20H18N2O6S2/c23-18(24)8-2-1-5-11-21-19(25)17(30-20(21)29)12-13-9-10-16(28-13)14-6-3-4-7-15(14)22(26)27/h3-4,6-7,9-10,12H,1-2,5,8,11H2,(H,23,24)/p-1/b17-12-. The van der Waals surface area contributed by atoms with E-state index in [1.165, 1.54) is 11.0 Å². The quantitative estimate of drug-likeness (QED) is 0.190. The number of nitro benzene ring substituents is 1. The Labute approximate surface area is 181 Å². The number of carbonyl (C=O) groups excluding carboxylic acids is 2. The third kappa shape index (κ3) is 5.14. The van der Waals surface area contributed by atoms with Gasteiger partial charge in [-0.2, -0.15) is 0 Å². The smallest absolute Gasteiger partial charge is 0.280 e. The second-order valence-electron chi connectivity index (χ2n) is 6.49. The lowest BCUT2D eigenvalue weighted by atomic mass is 10.1. The van der Waals surface area contributed by atoms with Crippen LogP contribution in [0.4, 0.5) is 5.69 Å². The SMILES string of the molecule is O=C([O-])CCCCCN1C(=O)/C(=C/c2ccc(-c3ccccc3[N+](=O)[O-])o2)SC1=S. The molecule has 0 atom stereocenters. The largest absolute Gasteiger partial charge is 0.550 e. The molecule has 1 amide bonds. The number of thiocarbonyl (C=S) groups is 1. The summed E-state index contributed by atoms with van der Waals surface area (Å²) in [6.07, 6.45) is 3.34. The number of nitro groups is 1. The van der Waals surface area contributed by atoms with Crippen LogP contribution in [0.2, 0.25) is 0 Å². The molecule has 1 aromatic carbocycles. The van der Waals surface area contributed by atoms with Gasteiger partial charge in [-0.1, -0.05) is 42.5 Å². The van der Waals surface area contributed by atoms with Crippen LogP contribution in [0.1, 0.15) is 31.4 Å². The lowest BCUT2D eigenvalue weighted by Crippen LogP contribution is -2.29. The highest BCUT2D eigenvalue weighted by Gasteiger charge is 2.31. The highest BCUT2D eigenvalue weighted by molar-refractivity contribution is 8.26. The minimum Gasteiger partial charge on any atom is -0.550 e. The Morgan fingerprint density at radius 3 is 2.70 bits per heavy atom. The number of carboxylic acids is 1. The predicted molar refractivity (Wildman–Crippen MR) is 114 cm³/mol. The molecule has 1 saturated heterocycles. The number of unbranched alkanes of at least 4 members (excludes halogenated alkanes) is 2. The molecule has 10 heteroatoms. The van der Waals surface area contributed by atoms with Gasteiger partial charge < -0.3 is 14.3 Å². The number of aliphatic carboxylic acids is 1. The third-order valence-electron chi connectivity index (χ3n) is 4.40. The first-order chi connectivity index (χ1) is 14.4. The highest BCUT2D eigenvalue weighted by Crippen LogP contribution is 2.35. The van der Waals surface area contributed by atoms with E-state index in [-0.39, 0.29) is 18.0 Å². The molecule has 1 fully saturated rings. The van der Waals surface area contributed by atoms with E-state index in [1.807, 2.05) is 0 Å². The average Bonchev–Trinajstić information content (AvgIpc) is 3.27. The number of rotatable bonds is 9. The van der Waals surface area contributed by atoms with Crippen LogP contribution in [0.5, 0.6) is 0 Å². The van der Waals surface area contributed by atoms with E-state index in [1.54, 1.807) is 36.4 Å². The van der Waals surface area contributed by atoms with Crippen LogP contribution in [0.3, 0.4) is 0 Å². The van der Waals surface area contributed by atoms with E-state index in [0.29, 0.717) is 52.1 Å². The van der Waals surface area contributed by atoms with E-state index in [2.05, 4.69) is 0 Å². The first-order valence-corrected chi connectivity index (χ1v) is 10.4. The van der Waals surface area contributed by atoms with Gasteiger partial charge in [-0.05, 0) is 37.5 Å². The number of para-hydroxylation sites is 1. The molecule has 1 aliphatic heterocycles. The number of carboxylic acid groups (broad SMARTS) is 1. The molecular weight excluding hydrogens is 428 g/mol. The van der Waals surface area contributed by atoms with Gasteiger partial charge in [-0.15, -0.1) is 0 Å². The van der Waals surface area contributed by atoms with Gasteiger partial charge in [0.1, 0.15) is 15.8 Å². The molecule has 0 saturated carbocycles. The maximum absolute atomic E-state index is 12.6. The summed E-state index contributed by atoms with van der Waals surface area (Å²) in [7, 11) is 0. The Kier molecular flexibility index (Phi) is 7.01. The van der Waals surface area contributed by atoms with E-state index < -0.39 is 10.9 Å². The van der Waals surface area contributed by atoms with Crippen molar-refractivity contribution in [1.82, 2.24) is 4.90 Å². The van der Waals surface area contributed by atoms with E-state index in [9.17, 15) is 24.8 Å². The summed E-state index contributed by atoms with van der Waals surface area (Å²) in [5.74, 6) is -0.606. The molecule has 1 aromatic heterocycles. The summed E-state index contributed by atoms with van der Waals surface area (Å²) in [5, 5.41) is 21.6. The van der Waals surface area contributed by atoms with Crippen LogP contribution < -0.4 is 5.11 Å². The zero-order chi connectivity index (χ0) is 21.7. The van der Waals surface area contributed by atoms with Crippen LogP contribution in [-0.2, 0) is 9.59 Å². The fraction of sp³-hybridized carbons (Fsp3) is 0.250. The average molecular weight is 445 g/mol. The normalized spacial score (nSPS) is 15.2. The van der Waals surface area contributed by atoms with Crippen molar-refractivity contribution < 1.29 is 24.0 Å². The molecule has 0 unspecified atom stereocenters. The maximum atomic E-state index is 12.6. The summed E-state index contributed by atoms with van der Waals surface area (Å²) >= 11 is 6.43. The summed E-state index contributed by atoms with van der Waals surface area (Å²) < 4.78 is 6.13. The number of hydrogen-bond donors (Lipinski definition) is 0. The number of benzene rings is 1. The van der Waals surface area contributed by atoms with Crippen molar-refractivity contribution in [1.29, 1.82) is 0 Å². The molecule has 0 aliphatic carbocycles. The Morgan fingerprint density at radius 1 is 1.20 bits per heavy atom. The van der Waals surface area contributed by atoms with Gasteiger partial charge in [0.25, 0.3) is 11.6 Å². The molecule has 1 aliphatic rings. The van der Waals surface area contributed by atoms with Crippen LogP contribution in [-0.4, -0.2) is 32.6 Å². The van der Waals surface area contributed by atoms with Gasteiger partial charge in [0, 0.05) is 24.7 Å². The molecule has 0 N–H and O–H groups in total. The van der Waals surface area contributed by atoms with Crippen LogP contribution >= 0.6 is 24.0 Å². The minimum absolute atomic E-state index is 0.00129. The lowest BCUT2D eigenvalue weighted by Gasteiger charge is -2.14. The van der Waals surface area contributed by atoms with Crippen molar-refractivity contribution in [3.63, 3.8) is 0 Å². The Hall–Kier alpha value is -2.98. The molecular formula is C20H17N2O6S2-. The lowest BCUT2D eigenvalue weighted by molar-refractivity contribution is -0.384. The number of amides is 1. The molecule has 2 heterocycles. The molecule has 0 bridgehead atoms. The van der Waals surface area contributed by atoms with Crippen molar-refractivity contribution in [3.05, 3.63) is 57.2 Å². The molecule has 156 valence electrons. The third-order valence-corrected chi connectivity index (χ3v) is 5.78. The second kappa shape index (κ2) is 9.68. The second-order valence-corrected chi connectivity index (χ2v) is 8.17. The molecule has 2 aromatic rings. The van der Waals surface area contributed by atoms with Gasteiger partial charge in [0.2, 0.25) is 0 Å². The van der Waals surface area contributed by atoms with Crippen molar-refractivity contribution in [2.45, 2.75) is 25.7 Å². The Balaban J connectivity index is 1.68. The van der Waals surface area contributed by atoms with Gasteiger partial charge in [0.05, 0.1) is 15.4 Å². The van der Waals surface area contributed by atoms with Crippen molar-refractivity contribution in [3.8, 4) is 11.3 Å². The number of nitrogens with zero attached hydrogens (tertiary/aromatic N) is 2. The minimum atomic E-state index is -1.08. The number of hydrogen-bond acceptors (Lipinski definition) is 8. The van der Waals surface area contributed by atoms with Crippen molar-refractivity contribution >= 4 is 51.9 Å². The fourth-order valence-corrected chi connectivity index (χ4v) is 4.24. The monoisotopic (exact) mass is 445 g/mol. The van der Waals surface area contributed by atoms with Crippen molar-refractivity contribution in [2.24, 2.45) is 0 Å². The van der Waals surface area contributed by atoms with E-state index in [0.717, 1.165) is 11.8 Å². The topological polar surface area (TPSA) is 117 Å². The predicted octanol–water partition coefficient (Wildman–Crippen LogP) is 3.37. The highest BCUT2D eigenvalue weighted by atomic mass is 32.2. The van der Waals surface area contributed by atoms with Crippen LogP contribution in [0, 0.1) is 10.1 Å².